The topological polar surface area (TPSA) is 42.3 Å². The third-order valence-corrected chi connectivity index (χ3v) is 3.15. The van der Waals surface area contributed by atoms with Gasteiger partial charge in [0.05, 0.1) is 5.56 Å². The second-order valence-electron chi connectivity index (χ2n) is 4.24. The number of hydrogen-bond acceptors (Lipinski definition) is 2. The molecule has 19 heavy (non-hydrogen) atoms. The maximum Gasteiger partial charge on any atom is 0.417 e. The van der Waals surface area contributed by atoms with Crippen molar-refractivity contribution in [1.29, 1.82) is 0 Å². The summed E-state index contributed by atoms with van der Waals surface area (Å²) < 4.78 is 38.5. The van der Waals surface area contributed by atoms with E-state index in [1.54, 1.807) is 0 Å². The number of alkyl halides is 3. The second kappa shape index (κ2) is 4.88. The average Bonchev–Trinajstić information content (AvgIpc) is 2.20. The number of aromatic nitrogens is 1. The van der Waals surface area contributed by atoms with Crippen LogP contribution in [0.3, 0.4) is 0 Å². The smallest absolute Gasteiger partial charge is 0.341 e. The molecule has 1 aliphatic rings. The molecule has 0 aliphatic carbocycles. The lowest BCUT2D eigenvalue weighted by molar-refractivity contribution is -0.139. The summed E-state index contributed by atoms with van der Waals surface area (Å²) in [5.41, 5.74) is -1.85. The van der Waals surface area contributed by atoms with E-state index >= 15 is 0 Å². The molecule has 0 unspecified atom stereocenters. The molecule has 0 N–H and O–H groups in total. The van der Waals surface area contributed by atoms with Gasteiger partial charge in [0, 0.05) is 19.3 Å². The maximum absolute atomic E-state index is 12.6. The van der Waals surface area contributed by atoms with E-state index in [4.69, 9.17) is 11.6 Å². The molecular formula is C11H10ClF3N2O2. The van der Waals surface area contributed by atoms with E-state index in [0.29, 0.717) is 29.9 Å². The van der Waals surface area contributed by atoms with Gasteiger partial charge >= 0.3 is 6.18 Å². The fraction of sp³-hybridized carbons (Fsp3) is 0.455. The van der Waals surface area contributed by atoms with Gasteiger partial charge in [0.2, 0.25) is 5.91 Å². The van der Waals surface area contributed by atoms with Gasteiger partial charge in [-0.15, -0.1) is 0 Å². The third-order valence-electron chi connectivity index (χ3n) is 2.88. The Morgan fingerprint density at radius 3 is 2.47 bits per heavy atom. The highest BCUT2D eigenvalue weighted by molar-refractivity contribution is 6.30. The third kappa shape index (κ3) is 2.91. The molecule has 1 aliphatic heterocycles. The van der Waals surface area contributed by atoms with Gasteiger partial charge in [0.25, 0.3) is 5.56 Å². The quantitative estimate of drug-likeness (QED) is 0.834. The van der Waals surface area contributed by atoms with Crippen LogP contribution in [0.1, 0.15) is 12.0 Å². The lowest BCUT2D eigenvalue weighted by atomic mass is 10.2. The first-order chi connectivity index (χ1) is 8.79. The lowest BCUT2D eigenvalue weighted by Gasteiger charge is -2.31. The number of pyridine rings is 1. The molecule has 1 amide bonds. The standard InChI is InChI=1S/C11H10ClF3N2O2/c12-8-4-7(11(13,14)15)5-17(10(8)19)6-9(18)16-2-1-3-16/h4-5H,1-3,6H2. The molecule has 0 atom stereocenters. The molecule has 104 valence electrons. The van der Waals surface area contributed by atoms with Gasteiger partial charge in [0.15, 0.2) is 0 Å². The summed E-state index contributed by atoms with van der Waals surface area (Å²) in [6, 6.07) is 0.564. The molecule has 1 fully saturated rings. The Labute approximate surface area is 111 Å². The lowest BCUT2D eigenvalue weighted by Crippen LogP contribution is -2.44. The van der Waals surface area contributed by atoms with E-state index in [-0.39, 0.29) is 5.91 Å². The Hall–Kier alpha value is -1.50. The van der Waals surface area contributed by atoms with Crippen LogP contribution >= 0.6 is 11.6 Å². The van der Waals surface area contributed by atoms with E-state index in [1.807, 2.05) is 0 Å². The summed E-state index contributed by atoms with van der Waals surface area (Å²) in [5, 5.41) is -0.550. The SMILES string of the molecule is O=C(Cn1cc(C(F)(F)F)cc(Cl)c1=O)N1CCC1. The molecule has 0 bridgehead atoms. The minimum Gasteiger partial charge on any atom is -0.341 e. The van der Waals surface area contributed by atoms with Crippen molar-refractivity contribution in [3.8, 4) is 0 Å². The van der Waals surface area contributed by atoms with Crippen molar-refractivity contribution >= 4 is 17.5 Å². The number of carbonyl (C=O) groups excluding carboxylic acids is 1. The first kappa shape index (κ1) is 13.9. The highest BCUT2D eigenvalue weighted by Crippen LogP contribution is 2.29. The Balaban J connectivity index is 2.31. The van der Waals surface area contributed by atoms with E-state index < -0.39 is 28.9 Å². The van der Waals surface area contributed by atoms with Crippen LogP contribution in [0.15, 0.2) is 17.1 Å². The van der Waals surface area contributed by atoms with Gasteiger partial charge in [-0.3, -0.25) is 9.59 Å². The Morgan fingerprint density at radius 1 is 1.37 bits per heavy atom. The summed E-state index contributed by atoms with van der Waals surface area (Å²) in [6.45, 7) is 0.711. The molecule has 2 rings (SSSR count). The van der Waals surface area contributed by atoms with Crippen molar-refractivity contribution in [2.75, 3.05) is 13.1 Å². The number of nitrogens with zero attached hydrogens (tertiary/aromatic N) is 2. The van der Waals surface area contributed by atoms with Crippen LogP contribution in [0, 0.1) is 0 Å². The minimum atomic E-state index is -4.61. The molecule has 1 aromatic heterocycles. The summed E-state index contributed by atoms with van der Waals surface area (Å²) in [4.78, 5) is 24.7. The maximum atomic E-state index is 12.6. The largest absolute Gasteiger partial charge is 0.417 e. The summed E-state index contributed by atoms with van der Waals surface area (Å²) in [7, 11) is 0. The van der Waals surface area contributed by atoms with Crippen molar-refractivity contribution in [3.63, 3.8) is 0 Å². The number of likely N-dealkylation sites (tertiary alicyclic amines) is 1. The van der Waals surface area contributed by atoms with Crippen LogP contribution in [0.4, 0.5) is 13.2 Å². The van der Waals surface area contributed by atoms with Crippen LogP contribution in [-0.4, -0.2) is 28.5 Å². The van der Waals surface area contributed by atoms with Gasteiger partial charge < -0.3 is 9.47 Å². The molecule has 1 aromatic rings. The molecule has 1 saturated heterocycles. The summed E-state index contributed by atoms with van der Waals surface area (Å²) in [5.74, 6) is -0.385. The highest BCUT2D eigenvalue weighted by atomic mass is 35.5. The molecule has 4 nitrogen and oxygen atoms in total. The van der Waals surface area contributed by atoms with Crippen molar-refractivity contribution in [3.05, 3.63) is 33.2 Å². The van der Waals surface area contributed by atoms with Gasteiger partial charge in [0.1, 0.15) is 11.6 Å². The summed E-state index contributed by atoms with van der Waals surface area (Å²) in [6.07, 6.45) is -3.13. The minimum absolute atomic E-state index is 0.385. The highest BCUT2D eigenvalue weighted by Gasteiger charge is 2.32. The van der Waals surface area contributed by atoms with Crippen molar-refractivity contribution in [1.82, 2.24) is 9.47 Å². The van der Waals surface area contributed by atoms with E-state index in [2.05, 4.69) is 0 Å². The predicted molar refractivity (Wildman–Crippen MR) is 61.9 cm³/mol. The zero-order chi connectivity index (χ0) is 14.2. The van der Waals surface area contributed by atoms with Crippen molar-refractivity contribution in [2.24, 2.45) is 0 Å². The average molecular weight is 295 g/mol. The molecule has 0 spiro atoms. The fourth-order valence-electron chi connectivity index (χ4n) is 1.68. The number of carbonyl (C=O) groups is 1. The predicted octanol–water partition coefficient (Wildman–Crippen LogP) is 1.75. The van der Waals surface area contributed by atoms with Crippen LogP contribution in [0.2, 0.25) is 5.02 Å². The van der Waals surface area contributed by atoms with E-state index in [1.165, 1.54) is 4.90 Å². The Kier molecular flexibility index (Phi) is 3.58. The molecule has 2 heterocycles. The van der Waals surface area contributed by atoms with Gasteiger partial charge in [-0.2, -0.15) is 13.2 Å². The van der Waals surface area contributed by atoms with Crippen LogP contribution < -0.4 is 5.56 Å². The molecule has 8 heteroatoms. The second-order valence-corrected chi connectivity index (χ2v) is 4.65. The van der Waals surface area contributed by atoms with E-state index in [0.717, 1.165) is 6.42 Å². The summed E-state index contributed by atoms with van der Waals surface area (Å²) >= 11 is 5.48. The monoisotopic (exact) mass is 294 g/mol. The van der Waals surface area contributed by atoms with Crippen molar-refractivity contribution < 1.29 is 18.0 Å². The van der Waals surface area contributed by atoms with Crippen LogP contribution in [0.5, 0.6) is 0 Å². The number of halogens is 4. The van der Waals surface area contributed by atoms with E-state index in [9.17, 15) is 22.8 Å². The first-order valence-electron chi connectivity index (χ1n) is 5.54. The fourth-order valence-corrected chi connectivity index (χ4v) is 1.91. The zero-order valence-corrected chi connectivity index (χ0v) is 10.5. The molecular weight excluding hydrogens is 285 g/mol. The van der Waals surface area contributed by atoms with Gasteiger partial charge in [-0.25, -0.2) is 0 Å². The normalized spacial score (nSPS) is 15.3. The molecule has 0 aromatic carbocycles. The number of hydrogen-bond donors (Lipinski definition) is 0. The zero-order valence-electron chi connectivity index (χ0n) is 9.71. The van der Waals surface area contributed by atoms with Crippen molar-refractivity contribution in [2.45, 2.75) is 19.1 Å². The Bertz CT molecular complexity index is 564. The van der Waals surface area contributed by atoms with Gasteiger partial charge in [-0.05, 0) is 12.5 Å². The Morgan fingerprint density at radius 2 is 2.00 bits per heavy atom. The van der Waals surface area contributed by atoms with Crippen LogP contribution in [-0.2, 0) is 17.5 Å². The molecule has 0 radical (unpaired) electrons. The molecule has 0 saturated carbocycles. The number of rotatable bonds is 2. The van der Waals surface area contributed by atoms with Gasteiger partial charge in [-0.1, -0.05) is 11.6 Å². The first-order valence-corrected chi connectivity index (χ1v) is 5.92. The van der Waals surface area contributed by atoms with Crippen LogP contribution in [0.25, 0.3) is 0 Å². The number of amides is 1.